The van der Waals surface area contributed by atoms with E-state index >= 15 is 0 Å². The van der Waals surface area contributed by atoms with E-state index in [1.54, 1.807) is 12.1 Å². The van der Waals surface area contributed by atoms with Gasteiger partial charge in [0.15, 0.2) is 0 Å². The molecule has 0 spiro atoms. The Hall–Kier alpha value is -2.06. The highest BCUT2D eigenvalue weighted by molar-refractivity contribution is 7.09. The second-order valence-electron chi connectivity index (χ2n) is 5.55. The standard InChI is InChI=1S/C16H19FN4O2S/c1-2-23-19-15(22)13-4-3-9-21(13)16-18-14(20-24-16)10-11-5-7-12(17)8-6-11/h5-8,13H,2-4,9-10H2,1H3,(H,19,22). The van der Waals surface area contributed by atoms with Crippen molar-refractivity contribution in [1.29, 1.82) is 0 Å². The van der Waals surface area contributed by atoms with Gasteiger partial charge in [-0.2, -0.15) is 4.37 Å². The van der Waals surface area contributed by atoms with Gasteiger partial charge in [-0.15, -0.1) is 0 Å². The molecule has 1 atom stereocenters. The van der Waals surface area contributed by atoms with E-state index in [9.17, 15) is 9.18 Å². The van der Waals surface area contributed by atoms with E-state index in [1.807, 2.05) is 11.8 Å². The number of amides is 1. The third-order valence-corrected chi connectivity index (χ3v) is 4.64. The van der Waals surface area contributed by atoms with Crippen molar-refractivity contribution in [2.75, 3.05) is 18.1 Å². The number of hydrogen-bond acceptors (Lipinski definition) is 6. The highest BCUT2D eigenvalue weighted by Gasteiger charge is 2.33. The summed E-state index contributed by atoms with van der Waals surface area (Å²) in [7, 11) is 0. The molecule has 24 heavy (non-hydrogen) atoms. The fourth-order valence-corrected chi connectivity index (χ4v) is 3.46. The van der Waals surface area contributed by atoms with Gasteiger partial charge in [0, 0.05) is 24.5 Å². The molecule has 1 aromatic carbocycles. The van der Waals surface area contributed by atoms with Crippen molar-refractivity contribution in [3.8, 4) is 0 Å². The Bertz CT molecular complexity index is 692. The molecule has 6 nitrogen and oxygen atoms in total. The van der Waals surface area contributed by atoms with Gasteiger partial charge in [-0.25, -0.2) is 14.9 Å². The van der Waals surface area contributed by atoms with Gasteiger partial charge in [0.2, 0.25) is 5.13 Å². The molecule has 0 saturated carbocycles. The number of hydroxylamine groups is 1. The molecular weight excluding hydrogens is 331 g/mol. The highest BCUT2D eigenvalue weighted by atomic mass is 32.1. The van der Waals surface area contributed by atoms with E-state index in [0.717, 1.165) is 30.1 Å². The highest BCUT2D eigenvalue weighted by Crippen LogP contribution is 2.27. The van der Waals surface area contributed by atoms with Crippen molar-refractivity contribution < 1.29 is 14.0 Å². The van der Waals surface area contributed by atoms with Crippen LogP contribution in [0.25, 0.3) is 0 Å². The number of carbonyl (C=O) groups excluding carboxylic acids is 1. The van der Waals surface area contributed by atoms with Crippen molar-refractivity contribution in [2.24, 2.45) is 0 Å². The maximum atomic E-state index is 13.0. The zero-order valence-corrected chi connectivity index (χ0v) is 14.2. The summed E-state index contributed by atoms with van der Waals surface area (Å²) in [5, 5.41) is 0.737. The van der Waals surface area contributed by atoms with Gasteiger partial charge in [0.1, 0.15) is 17.7 Å². The molecular formula is C16H19FN4O2S. The van der Waals surface area contributed by atoms with Crippen molar-refractivity contribution in [3.63, 3.8) is 0 Å². The van der Waals surface area contributed by atoms with Crippen molar-refractivity contribution in [2.45, 2.75) is 32.2 Å². The molecule has 1 aromatic heterocycles. The first-order valence-corrected chi connectivity index (χ1v) is 8.70. The second kappa shape index (κ2) is 7.67. The molecule has 1 N–H and O–H groups in total. The van der Waals surface area contributed by atoms with Gasteiger partial charge >= 0.3 is 0 Å². The molecule has 2 heterocycles. The van der Waals surface area contributed by atoms with E-state index in [4.69, 9.17) is 4.84 Å². The minimum absolute atomic E-state index is 0.148. The van der Waals surface area contributed by atoms with Gasteiger partial charge in [-0.3, -0.25) is 9.63 Å². The SMILES string of the molecule is CCONC(=O)C1CCCN1c1nc(Cc2ccc(F)cc2)ns1. The van der Waals surface area contributed by atoms with Crippen LogP contribution in [0.3, 0.4) is 0 Å². The minimum Gasteiger partial charge on any atom is -0.335 e. The number of hydrogen-bond donors (Lipinski definition) is 1. The number of carbonyl (C=O) groups is 1. The zero-order chi connectivity index (χ0) is 16.9. The van der Waals surface area contributed by atoms with Gasteiger partial charge in [0.25, 0.3) is 5.91 Å². The topological polar surface area (TPSA) is 67.3 Å². The molecule has 0 aliphatic carbocycles. The largest absolute Gasteiger partial charge is 0.335 e. The van der Waals surface area contributed by atoms with Crippen LogP contribution in [0.2, 0.25) is 0 Å². The molecule has 1 unspecified atom stereocenters. The summed E-state index contributed by atoms with van der Waals surface area (Å²) < 4.78 is 17.3. The first-order chi connectivity index (χ1) is 11.7. The number of benzene rings is 1. The van der Waals surface area contributed by atoms with Crippen LogP contribution in [-0.4, -0.2) is 34.5 Å². The summed E-state index contributed by atoms with van der Waals surface area (Å²) >= 11 is 1.28. The summed E-state index contributed by atoms with van der Waals surface area (Å²) in [6, 6.07) is 6.03. The summed E-state index contributed by atoms with van der Waals surface area (Å²) in [5.74, 6) is 0.271. The fourth-order valence-electron chi connectivity index (χ4n) is 2.70. The van der Waals surface area contributed by atoms with Gasteiger partial charge in [-0.1, -0.05) is 12.1 Å². The quantitative estimate of drug-likeness (QED) is 0.810. The maximum Gasteiger partial charge on any atom is 0.266 e. The third kappa shape index (κ3) is 3.88. The normalized spacial score (nSPS) is 17.2. The fraction of sp³-hybridized carbons (Fsp3) is 0.438. The van der Waals surface area contributed by atoms with Crippen molar-refractivity contribution in [1.82, 2.24) is 14.8 Å². The summed E-state index contributed by atoms with van der Waals surface area (Å²) in [6.45, 7) is 3.02. The number of nitrogens with zero attached hydrogens (tertiary/aromatic N) is 3. The molecule has 8 heteroatoms. The Morgan fingerprint density at radius 1 is 1.46 bits per heavy atom. The Morgan fingerprint density at radius 2 is 2.25 bits per heavy atom. The molecule has 1 amide bonds. The Labute approximate surface area is 143 Å². The molecule has 3 rings (SSSR count). The number of aromatic nitrogens is 2. The van der Waals surface area contributed by atoms with E-state index in [2.05, 4.69) is 14.8 Å². The van der Waals surface area contributed by atoms with Crippen LogP contribution in [0, 0.1) is 5.82 Å². The average Bonchev–Trinajstić information content (AvgIpc) is 3.23. The lowest BCUT2D eigenvalue weighted by Gasteiger charge is -2.22. The molecule has 1 aliphatic heterocycles. The van der Waals surface area contributed by atoms with E-state index in [-0.39, 0.29) is 17.8 Å². The lowest BCUT2D eigenvalue weighted by molar-refractivity contribution is -0.134. The Morgan fingerprint density at radius 3 is 3.00 bits per heavy atom. The van der Waals surface area contributed by atoms with Gasteiger partial charge in [0.05, 0.1) is 6.61 Å². The van der Waals surface area contributed by atoms with Crippen LogP contribution < -0.4 is 10.4 Å². The van der Waals surface area contributed by atoms with Crippen molar-refractivity contribution >= 4 is 22.6 Å². The van der Waals surface area contributed by atoms with Crippen LogP contribution >= 0.6 is 11.5 Å². The van der Waals surface area contributed by atoms with E-state index in [0.29, 0.717) is 18.9 Å². The van der Waals surface area contributed by atoms with Gasteiger partial charge < -0.3 is 4.90 Å². The first kappa shape index (κ1) is 16.8. The van der Waals surface area contributed by atoms with Crippen LogP contribution in [-0.2, 0) is 16.1 Å². The maximum absolute atomic E-state index is 13.0. The predicted octanol–water partition coefficient (Wildman–Crippen LogP) is 2.30. The smallest absolute Gasteiger partial charge is 0.266 e. The molecule has 0 bridgehead atoms. The minimum atomic E-state index is -0.275. The number of nitrogens with one attached hydrogen (secondary N) is 1. The molecule has 1 saturated heterocycles. The van der Waals surface area contributed by atoms with E-state index in [1.165, 1.54) is 23.7 Å². The van der Waals surface area contributed by atoms with Crippen LogP contribution in [0.15, 0.2) is 24.3 Å². The van der Waals surface area contributed by atoms with Crippen LogP contribution in [0.1, 0.15) is 31.2 Å². The zero-order valence-electron chi connectivity index (χ0n) is 13.4. The lowest BCUT2D eigenvalue weighted by atomic mass is 10.1. The third-order valence-electron chi connectivity index (χ3n) is 3.85. The molecule has 0 radical (unpaired) electrons. The molecule has 1 aliphatic rings. The lowest BCUT2D eigenvalue weighted by Crippen LogP contribution is -2.43. The van der Waals surface area contributed by atoms with Crippen molar-refractivity contribution in [3.05, 3.63) is 41.5 Å². The summed E-state index contributed by atoms with van der Waals surface area (Å²) in [6.07, 6.45) is 2.24. The average molecular weight is 350 g/mol. The van der Waals surface area contributed by atoms with Crippen LogP contribution in [0.5, 0.6) is 0 Å². The Balaban J connectivity index is 1.67. The summed E-state index contributed by atoms with van der Waals surface area (Å²) in [4.78, 5) is 23.7. The second-order valence-corrected chi connectivity index (χ2v) is 6.28. The summed E-state index contributed by atoms with van der Waals surface area (Å²) in [5.41, 5.74) is 3.42. The van der Waals surface area contributed by atoms with Gasteiger partial charge in [-0.05, 0) is 37.5 Å². The molecule has 2 aromatic rings. The number of rotatable bonds is 6. The number of halogens is 1. The first-order valence-electron chi connectivity index (χ1n) is 7.92. The predicted molar refractivity (Wildman–Crippen MR) is 89.3 cm³/mol. The monoisotopic (exact) mass is 350 g/mol. The van der Waals surface area contributed by atoms with Crippen LogP contribution in [0.4, 0.5) is 9.52 Å². The number of anilines is 1. The Kier molecular flexibility index (Phi) is 5.37. The molecule has 128 valence electrons. The van der Waals surface area contributed by atoms with E-state index < -0.39 is 0 Å². The molecule has 1 fully saturated rings.